The molecule has 2 aliphatic rings. The van der Waals surface area contributed by atoms with Crippen LogP contribution in [0, 0.1) is 5.82 Å². The molecule has 2 heterocycles. The minimum absolute atomic E-state index is 0.00934. The van der Waals surface area contributed by atoms with Crippen LogP contribution in [0.15, 0.2) is 18.2 Å². The van der Waals surface area contributed by atoms with Crippen LogP contribution < -0.4 is 4.74 Å². The fourth-order valence-corrected chi connectivity index (χ4v) is 3.09. The summed E-state index contributed by atoms with van der Waals surface area (Å²) in [5.74, 6) is -0.676. The molecule has 7 heteroatoms. The topological polar surface area (TPSA) is 59.1 Å². The van der Waals surface area contributed by atoms with Crippen LogP contribution in [0.1, 0.15) is 23.2 Å². The molecule has 0 radical (unpaired) electrons. The zero-order chi connectivity index (χ0) is 17.1. The lowest BCUT2D eigenvalue weighted by atomic mass is 10.1. The highest BCUT2D eigenvalue weighted by Gasteiger charge is 2.31. The zero-order valence-corrected chi connectivity index (χ0v) is 13.7. The molecule has 24 heavy (non-hydrogen) atoms. The molecule has 0 aromatic heterocycles. The largest absolute Gasteiger partial charge is 0.494 e. The summed E-state index contributed by atoms with van der Waals surface area (Å²) in [5.41, 5.74) is 0.284. The third-order valence-corrected chi connectivity index (χ3v) is 4.48. The Morgan fingerprint density at radius 1 is 1.21 bits per heavy atom. The Morgan fingerprint density at radius 2 is 1.92 bits per heavy atom. The Hall–Kier alpha value is -2.15. The molecule has 3 rings (SSSR count). The summed E-state index contributed by atoms with van der Waals surface area (Å²) in [5, 5.41) is 0. The normalized spacial score (nSPS) is 21.0. The fraction of sp³-hybridized carbons (Fsp3) is 0.529. The number of hydrogen-bond acceptors (Lipinski definition) is 4. The van der Waals surface area contributed by atoms with Crippen molar-refractivity contribution in [3.8, 4) is 5.75 Å². The Kier molecular flexibility index (Phi) is 4.99. The van der Waals surface area contributed by atoms with Crippen molar-refractivity contribution in [3.63, 3.8) is 0 Å². The van der Waals surface area contributed by atoms with Crippen molar-refractivity contribution < 1.29 is 23.5 Å². The second kappa shape index (κ2) is 7.17. The van der Waals surface area contributed by atoms with Crippen LogP contribution in [0.4, 0.5) is 4.39 Å². The van der Waals surface area contributed by atoms with Crippen LogP contribution in [0.3, 0.4) is 0 Å². The van der Waals surface area contributed by atoms with E-state index in [-0.39, 0.29) is 29.2 Å². The first-order chi connectivity index (χ1) is 11.6. The summed E-state index contributed by atoms with van der Waals surface area (Å²) >= 11 is 0. The van der Waals surface area contributed by atoms with Crippen LogP contribution >= 0.6 is 0 Å². The summed E-state index contributed by atoms with van der Waals surface area (Å²) in [6, 6.07) is 4.18. The highest BCUT2D eigenvalue weighted by molar-refractivity contribution is 5.94. The standard InChI is InChI=1S/C17H21FN2O4/c1-23-14-5-4-12(11-13(14)18)16(21)19-6-8-20(9-7-19)17(22)15-3-2-10-24-15/h4-5,11,15H,2-3,6-10H2,1H3. The number of hydrogen-bond donors (Lipinski definition) is 0. The minimum Gasteiger partial charge on any atom is -0.494 e. The third kappa shape index (κ3) is 3.36. The van der Waals surface area contributed by atoms with Crippen LogP contribution in [-0.4, -0.2) is 67.6 Å². The molecule has 0 spiro atoms. The van der Waals surface area contributed by atoms with Gasteiger partial charge in [0.1, 0.15) is 6.10 Å². The number of amides is 2. The third-order valence-electron chi connectivity index (χ3n) is 4.48. The van der Waals surface area contributed by atoms with Crippen LogP contribution in [0.5, 0.6) is 5.75 Å². The van der Waals surface area contributed by atoms with Gasteiger partial charge in [0.15, 0.2) is 11.6 Å². The van der Waals surface area contributed by atoms with Gasteiger partial charge in [0.25, 0.3) is 11.8 Å². The summed E-state index contributed by atoms with van der Waals surface area (Å²) in [7, 11) is 1.38. The van der Waals surface area contributed by atoms with Gasteiger partial charge in [-0.3, -0.25) is 9.59 Å². The van der Waals surface area contributed by atoms with Gasteiger partial charge in [-0.15, -0.1) is 0 Å². The summed E-state index contributed by atoms with van der Waals surface area (Å²) in [6.45, 7) is 2.46. The molecule has 0 bridgehead atoms. The number of methoxy groups -OCH3 is 1. The van der Waals surface area contributed by atoms with Gasteiger partial charge >= 0.3 is 0 Å². The van der Waals surface area contributed by atoms with E-state index in [1.807, 2.05) is 0 Å². The zero-order valence-electron chi connectivity index (χ0n) is 13.7. The van der Waals surface area contributed by atoms with Crippen molar-refractivity contribution in [1.82, 2.24) is 9.80 Å². The molecule has 0 aliphatic carbocycles. The van der Waals surface area contributed by atoms with E-state index in [1.165, 1.54) is 19.2 Å². The number of carbonyl (C=O) groups excluding carboxylic acids is 2. The minimum atomic E-state index is -0.560. The number of nitrogens with zero attached hydrogens (tertiary/aromatic N) is 2. The molecule has 2 fully saturated rings. The van der Waals surface area contributed by atoms with Gasteiger partial charge < -0.3 is 19.3 Å². The second-order valence-corrected chi connectivity index (χ2v) is 5.97. The number of rotatable bonds is 3. The van der Waals surface area contributed by atoms with Crippen LogP contribution in [-0.2, 0) is 9.53 Å². The molecule has 0 saturated carbocycles. The molecule has 130 valence electrons. The average Bonchev–Trinajstić information content (AvgIpc) is 3.15. The van der Waals surface area contributed by atoms with Crippen molar-refractivity contribution in [2.45, 2.75) is 18.9 Å². The lowest BCUT2D eigenvalue weighted by molar-refractivity contribution is -0.142. The quantitative estimate of drug-likeness (QED) is 0.835. The molecule has 1 aromatic carbocycles. The van der Waals surface area contributed by atoms with Gasteiger partial charge in [0.2, 0.25) is 0 Å². The molecule has 6 nitrogen and oxygen atoms in total. The van der Waals surface area contributed by atoms with Gasteiger partial charge in [-0.1, -0.05) is 0 Å². The van der Waals surface area contributed by atoms with Gasteiger partial charge in [-0.25, -0.2) is 4.39 Å². The highest BCUT2D eigenvalue weighted by atomic mass is 19.1. The van der Waals surface area contributed by atoms with Crippen LogP contribution in [0.25, 0.3) is 0 Å². The number of carbonyl (C=O) groups is 2. The van der Waals surface area contributed by atoms with Gasteiger partial charge in [0.05, 0.1) is 7.11 Å². The Morgan fingerprint density at radius 3 is 2.50 bits per heavy atom. The van der Waals surface area contributed by atoms with E-state index in [4.69, 9.17) is 9.47 Å². The molecule has 2 amide bonds. The van der Waals surface area contributed by atoms with Crippen molar-refractivity contribution in [3.05, 3.63) is 29.6 Å². The number of piperazine rings is 1. The molecule has 2 aliphatic heterocycles. The van der Waals surface area contributed by atoms with E-state index in [0.717, 1.165) is 12.8 Å². The summed E-state index contributed by atoms with van der Waals surface area (Å²) in [6.07, 6.45) is 1.35. The SMILES string of the molecule is COc1ccc(C(=O)N2CCN(C(=O)C3CCCO3)CC2)cc1F. The first-order valence-corrected chi connectivity index (χ1v) is 8.13. The molecular formula is C17H21FN2O4. The molecular weight excluding hydrogens is 315 g/mol. The first-order valence-electron chi connectivity index (χ1n) is 8.13. The van der Waals surface area contributed by atoms with Gasteiger partial charge in [0, 0.05) is 38.3 Å². The van der Waals surface area contributed by atoms with Crippen molar-refractivity contribution in [2.75, 3.05) is 39.9 Å². The monoisotopic (exact) mass is 336 g/mol. The Bertz CT molecular complexity index is 623. The van der Waals surface area contributed by atoms with Crippen molar-refractivity contribution in [1.29, 1.82) is 0 Å². The van der Waals surface area contributed by atoms with Gasteiger partial charge in [-0.05, 0) is 31.0 Å². The maximum absolute atomic E-state index is 13.8. The van der Waals surface area contributed by atoms with Crippen LogP contribution in [0.2, 0.25) is 0 Å². The fourth-order valence-electron chi connectivity index (χ4n) is 3.09. The summed E-state index contributed by atoms with van der Waals surface area (Å²) < 4.78 is 24.0. The van der Waals surface area contributed by atoms with Crippen molar-refractivity contribution in [2.24, 2.45) is 0 Å². The van der Waals surface area contributed by atoms with E-state index in [1.54, 1.807) is 15.9 Å². The molecule has 1 aromatic rings. The number of halogens is 1. The Balaban J connectivity index is 1.58. The lowest BCUT2D eigenvalue weighted by Gasteiger charge is -2.35. The van der Waals surface area contributed by atoms with E-state index in [2.05, 4.69) is 0 Å². The average molecular weight is 336 g/mol. The predicted molar refractivity (Wildman–Crippen MR) is 84.4 cm³/mol. The van der Waals surface area contributed by atoms with Crippen molar-refractivity contribution >= 4 is 11.8 Å². The molecule has 0 N–H and O–H groups in total. The number of benzene rings is 1. The maximum atomic E-state index is 13.8. The lowest BCUT2D eigenvalue weighted by Crippen LogP contribution is -2.52. The van der Waals surface area contributed by atoms with E-state index in [9.17, 15) is 14.0 Å². The molecule has 2 saturated heterocycles. The molecule has 1 unspecified atom stereocenters. The maximum Gasteiger partial charge on any atom is 0.254 e. The smallest absolute Gasteiger partial charge is 0.254 e. The molecule has 1 atom stereocenters. The second-order valence-electron chi connectivity index (χ2n) is 5.97. The van der Waals surface area contributed by atoms with Gasteiger partial charge in [-0.2, -0.15) is 0 Å². The van der Waals surface area contributed by atoms with E-state index < -0.39 is 5.82 Å². The Labute approximate surface area is 140 Å². The van der Waals surface area contributed by atoms with E-state index >= 15 is 0 Å². The first kappa shape index (κ1) is 16.7. The highest BCUT2D eigenvalue weighted by Crippen LogP contribution is 2.20. The summed E-state index contributed by atoms with van der Waals surface area (Å²) in [4.78, 5) is 28.2. The van der Waals surface area contributed by atoms with E-state index in [0.29, 0.717) is 32.8 Å². The predicted octanol–water partition coefficient (Wildman–Crippen LogP) is 1.30. The number of ether oxygens (including phenoxy) is 2.